The van der Waals surface area contributed by atoms with Gasteiger partial charge < -0.3 is 26.2 Å². The topological polar surface area (TPSA) is 56.6 Å². The summed E-state index contributed by atoms with van der Waals surface area (Å²) in [5.41, 5.74) is 8.45. The molecule has 0 aliphatic carbocycles. The quantitative estimate of drug-likeness (QED) is 0.327. The van der Waals surface area contributed by atoms with Crippen LogP contribution in [0.5, 0.6) is 0 Å². The Bertz CT molecular complexity index is 1080. The van der Waals surface area contributed by atoms with Crippen molar-refractivity contribution in [3.63, 3.8) is 0 Å². The predicted molar refractivity (Wildman–Crippen MR) is 150 cm³/mol. The molecule has 2 atom stereocenters. The molecule has 2 fully saturated rings. The zero-order valence-corrected chi connectivity index (χ0v) is 23.0. The number of nitrogens with two attached hydrogens (primary N) is 1. The number of anilines is 4. The number of piperidine rings is 2. The molecule has 0 bridgehead atoms. The van der Waals surface area contributed by atoms with Gasteiger partial charge in [0.1, 0.15) is 0 Å². The van der Waals surface area contributed by atoms with Crippen LogP contribution in [0.4, 0.5) is 35.9 Å². The molecular formula is C27H37ClF3N5S. The lowest BCUT2D eigenvalue weighted by Gasteiger charge is -2.37. The number of likely N-dealkylation sites (tertiary alicyclic amines) is 1. The molecule has 0 radical (unpaired) electrons. The van der Waals surface area contributed by atoms with Gasteiger partial charge in [-0.05, 0) is 61.4 Å². The van der Waals surface area contributed by atoms with E-state index in [1.807, 2.05) is 6.07 Å². The minimum absolute atomic E-state index is 0. The Morgan fingerprint density at radius 1 is 1.05 bits per heavy atom. The average molecular weight is 556 g/mol. The number of benzene rings is 2. The maximum atomic E-state index is 13.8. The molecular weight excluding hydrogens is 519 g/mol. The van der Waals surface area contributed by atoms with Crippen LogP contribution < -0.4 is 21.3 Å². The number of nitrogens with zero attached hydrogens (tertiary/aromatic N) is 2. The van der Waals surface area contributed by atoms with E-state index in [-0.39, 0.29) is 18.4 Å². The van der Waals surface area contributed by atoms with Gasteiger partial charge in [0.15, 0.2) is 0 Å². The number of alkyl halides is 3. The minimum Gasteiger partial charge on any atom is -0.380 e. The molecule has 3 aliphatic rings. The predicted octanol–water partition coefficient (Wildman–Crippen LogP) is 6.65. The van der Waals surface area contributed by atoms with Crippen molar-refractivity contribution in [3.8, 4) is 0 Å². The molecule has 2 unspecified atom stereocenters. The highest BCUT2D eigenvalue weighted by Crippen LogP contribution is 2.50. The van der Waals surface area contributed by atoms with Gasteiger partial charge in [-0.25, -0.2) is 0 Å². The maximum absolute atomic E-state index is 13.8. The largest absolute Gasteiger partial charge is 0.416 e. The van der Waals surface area contributed by atoms with Crippen LogP contribution in [-0.2, 0) is 6.18 Å². The molecule has 2 aromatic carbocycles. The average Bonchev–Trinajstić information content (AvgIpc) is 2.82. The monoisotopic (exact) mass is 555 g/mol. The van der Waals surface area contributed by atoms with Crippen molar-refractivity contribution in [2.75, 3.05) is 54.8 Å². The van der Waals surface area contributed by atoms with Crippen molar-refractivity contribution >= 4 is 46.9 Å². The first-order chi connectivity index (χ1) is 17.2. The van der Waals surface area contributed by atoms with Crippen molar-refractivity contribution in [3.05, 3.63) is 35.9 Å². The third kappa shape index (κ3) is 6.44. The first kappa shape index (κ1) is 28.2. The molecule has 0 saturated carbocycles. The van der Waals surface area contributed by atoms with E-state index >= 15 is 0 Å². The van der Waals surface area contributed by atoms with E-state index in [0.717, 1.165) is 67.5 Å². The first-order valence-electron chi connectivity index (χ1n) is 13.0. The van der Waals surface area contributed by atoms with E-state index in [9.17, 15) is 13.2 Å². The summed E-state index contributed by atoms with van der Waals surface area (Å²) < 4.78 is 41.4. The summed E-state index contributed by atoms with van der Waals surface area (Å²) >= 11 is 1.41. The van der Waals surface area contributed by atoms with Crippen LogP contribution in [0, 0.1) is 11.8 Å². The molecule has 5 rings (SSSR count). The fourth-order valence-electron chi connectivity index (χ4n) is 5.83. The van der Waals surface area contributed by atoms with Gasteiger partial charge in [-0.15, -0.1) is 12.4 Å². The van der Waals surface area contributed by atoms with Gasteiger partial charge >= 0.3 is 6.18 Å². The van der Waals surface area contributed by atoms with Crippen molar-refractivity contribution in [1.82, 2.24) is 4.90 Å². The Labute approximate surface area is 228 Å². The summed E-state index contributed by atoms with van der Waals surface area (Å²) in [6.07, 6.45) is -1.40. The highest BCUT2D eigenvalue weighted by atomic mass is 35.5. The van der Waals surface area contributed by atoms with Crippen LogP contribution in [0.2, 0.25) is 0 Å². The fraction of sp³-hybridized carbons (Fsp3) is 0.556. The number of fused-ring (bicyclic) bond motifs is 2. The molecule has 0 aromatic heterocycles. The number of halogens is 4. The molecule has 3 aliphatic heterocycles. The lowest BCUT2D eigenvalue weighted by molar-refractivity contribution is -0.137. The normalized spacial score (nSPS) is 22.5. The molecule has 2 aromatic rings. The molecule has 204 valence electrons. The second kappa shape index (κ2) is 11.5. The third-order valence-corrected chi connectivity index (χ3v) is 8.62. The van der Waals surface area contributed by atoms with Gasteiger partial charge in [0.05, 0.1) is 22.6 Å². The number of hydrogen-bond donors (Lipinski definition) is 3. The summed E-state index contributed by atoms with van der Waals surface area (Å²) in [7, 11) is 0. The minimum atomic E-state index is -4.40. The second-order valence-corrected chi connectivity index (χ2v) is 11.8. The van der Waals surface area contributed by atoms with Crippen molar-refractivity contribution in [1.29, 1.82) is 0 Å². The maximum Gasteiger partial charge on any atom is 0.416 e. The van der Waals surface area contributed by atoms with Gasteiger partial charge in [-0.3, -0.25) is 0 Å². The summed E-state index contributed by atoms with van der Waals surface area (Å²) in [6.45, 7) is 9.92. The second-order valence-electron chi connectivity index (χ2n) is 10.7. The summed E-state index contributed by atoms with van der Waals surface area (Å²) in [5, 5.41) is 6.96. The van der Waals surface area contributed by atoms with E-state index in [1.165, 1.54) is 30.3 Å². The van der Waals surface area contributed by atoms with Gasteiger partial charge in [0.25, 0.3) is 0 Å². The number of hydrogen-bond acceptors (Lipinski definition) is 6. The SMILES string of the molecule is CC1CC(C)CN(c2ccc3c(c2)Nc2c(NC4CCN(CCN)CC4)cc(C(F)(F)F)cc2S3)C1.Cl. The molecule has 5 nitrogen and oxygen atoms in total. The van der Waals surface area contributed by atoms with Gasteiger partial charge in [0, 0.05) is 60.8 Å². The summed E-state index contributed by atoms with van der Waals surface area (Å²) in [4.78, 5) is 6.30. The lowest BCUT2D eigenvalue weighted by Crippen LogP contribution is -2.41. The van der Waals surface area contributed by atoms with Gasteiger partial charge in [-0.2, -0.15) is 13.2 Å². The van der Waals surface area contributed by atoms with E-state index in [4.69, 9.17) is 5.73 Å². The van der Waals surface area contributed by atoms with Crippen LogP contribution in [0.3, 0.4) is 0 Å². The Hall–Kier alpha value is -1.81. The zero-order valence-electron chi connectivity index (χ0n) is 21.4. The third-order valence-electron chi connectivity index (χ3n) is 7.50. The van der Waals surface area contributed by atoms with E-state index in [2.05, 4.69) is 46.4 Å². The van der Waals surface area contributed by atoms with Crippen LogP contribution in [-0.4, -0.2) is 50.2 Å². The van der Waals surface area contributed by atoms with Crippen LogP contribution in [0.15, 0.2) is 40.1 Å². The molecule has 37 heavy (non-hydrogen) atoms. The first-order valence-corrected chi connectivity index (χ1v) is 13.8. The standard InChI is InChI=1S/C27H36F3N5S.ClH/c1-17-11-18(2)16-35(15-17)21-3-4-24-22(14-21)33-26-23(12-19(27(28,29)30)13-25(26)36-24)32-20-5-8-34(9-6-20)10-7-31;/h3-4,12-14,17-18,20,32-33H,5-11,15-16,31H2,1-2H3;1H. The molecule has 10 heteroatoms. The summed E-state index contributed by atoms with van der Waals surface area (Å²) in [6, 6.07) is 8.96. The van der Waals surface area contributed by atoms with Gasteiger partial charge in [0.2, 0.25) is 0 Å². The Morgan fingerprint density at radius 2 is 1.76 bits per heavy atom. The van der Waals surface area contributed by atoms with E-state index in [0.29, 0.717) is 29.0 Å². The number of nitrogens with one attached hydrogen (secondary N) is 2. The molecule has 4 N–H and O–H groups in total. The summed E-state index contributed by atoms with van der Waals surface area (Å²) in [5.74, 6) is 1.28. The van der Waals surface area contributed by atoms with E-state index < -0.39 is 11.7 Å². The Balaban J connectivity index is 0.00000320. The number of rotatable bonds is 5. The van der Waals surface area contributed by atoms with Crippen molar-refractivity contribution < 1.29 is 13.2 Å². The smallest absolute Gasteiger partial charge is 0.380 e. The van der Waals surface area contributed by atoms with E-state index in [1.54, 1.807) is 0 Å². The van der Waals surface area contributed by atoms with Crippen molar-refractivity contribution in [2.45, 2.75) is 55.1 Å². The van der Waals surface area contributed by atoms with Crippen LogP contribution in [0.25, 0.3) is 0 Å². The molecule has 0 amide bonds. The van der Waals surface area contributed by atoms with Crippen LogP contribution >= 0.6 is 24.2 Å². The molecule has 3 heterocycles. The highest BCUT2D eigenvalue weighted by Gasteiger charge is 2.34. The van der Waals surface area contributed by atoms with Crippen LogP contribution in [0.1, 0.15) is 38.7 Å². The van der Waals surface area contributed by atoms with Gasteiger partial charge in [-0.1, -0.05) is 25.6 Å². The molecule has 2 saturated heterocycles. The zero-order chi connectivity index (χ0) is 25.4. The van der Waals surface area contributed by atoms with Crippen molar-refractivity contribution in [2.24, 2.45) is 17.6 Å². The highest BCUT2D eigenvalue weighted by molar-refractivity contribution is 7.99. The molecule has 0 spiro atoms. The Kier molecular flexibility index (Phi) is 8.78. The fourth-order valence-corrected chi connectivity index (χ4v) is 6.88. The Morgan fingerprint density at radius 3 is 2.41 bits per heavy atom. The lowest BCUT2D eigenvalue weighted by atomic mass is 9.91.